The zero-order valence-electron chi connectivity index (χ0n) is 9.17. The van der Waals surface area contributed by atoms with Crippen molar-refractivity contribution in [2.45, 2.75) is 47.1 Å². The van der Waals surface area contributed by atoms with Crippen molar-refractivity contribution in [2.24, 2.45) is 5.92 Å². The number of hydrogen-bond acceptors (Lipinski definition) is 1. The van der Waals surface area contributed by atoms with E-state index in [1.165, 1.54) is 24.1 Å². The van der Waals surface area contributed by atoms with Crippen molar-refractivity contribution in [1.29, 1.82) is 0 Å². The lowest BCUT2D eigenvalue weighted by atomic mass is 10.1. The molecule has 2 heteroatoms. The smallest absolute Gasteiger partial charge is 0.0521 e. The van der Waals surface area contributed by atoms with Crippen LogP contribution in [0.15, 0.2) is 6.20 Å². The zero-order chi connectivity index (χ0) is 9.84. The summed E-state index contributed by atoms with van der Waals surface area (Å²) in [6.07, 6.45) is 4.47. The third-order valence-corrected chi connectivity index (χ3v) is 2.50. The van der Waals surface area contributed by atoms with Crippen molar-refractivity contribution in [3.63, 3.8) is 0 Å². The lowest BCUT2D eigenvalue weighted by molar-refractivity contribution is 0.484. The predicted molar refractivity (Wildman–Crippen MR) is 55.8 cm³/mol. The number of hydrogen-bond donors (Lipinski definition) is 0. The first-order valence-electron chi connectivity index (χ1n) is 5.10. The number of rotatable bonds is 4. The van der Waals surface area contributed by atoms with Crippen LogP contribution in [0.2, 0.25) is 0 Å². The van der Waals surface area contributed by atoms with Gasteiger partial charge >= 0.3 is 0 Å². The molecule has 0 bridgehead atoms. The summed E-state index contributed by atoms with van der Waals surface area (Å²) in [5, 5.41) is 4.33. The molecule has 13 heavy (non-hydrogen) atoms. The molecule has 2 nitrogen and oxygen atoms in total. The Morgan fingerprint density at radius 1 is 1.38 bits per heavy atom. The van der Waals surface area contributed by atoms with E-state index in [0.29, 0.717) is 0 Å². The Balaban J connectivity index is 2.41. The quantitative estimate of drug-likeness (QED) is 0.696. The van der Waals surface area contributed by atoms with Gasteiger partial charge in [-0.3, -0.25) is 4.68 Å². The highest BCUT2D eigenvalue weighted by molar-refractivity contribution is 5.12. The van der Waals surface area contributed by atoms with E-state index in [1.807, 2.05) is 6.20 Å². The van der Waals surface area contributed by atoms with E-state index >= 15 is 0 Å². The fourth-order valence-electron chi connectivity index (χ4n) is 1.41. The Bertz CT molecular complexity index is 261. The Labute approximate surface area is 81.0 Å². The van der Waals surface area contributed by atoms with Gasteiger partial charge in [-0.2, -0.15) is 5.10 Å². The molecule has 0 radical (unpaired) electrons. The Morgan fingerprint density at radius 3 is 2.54 bits per heavy atom. The fraction of sp³-hybridized carbons (Fsp3) is 0.727. The Hall–Kier alpha value is -0.790. The van der Waals surface area contributed by atoms with Gasteiger partial charge in [-0.25, -0.2) is 0 Å². The first-order chi connectivity index (χ1) is 6.11. The van der Waals surface area contributed by atoms with Crippen LogP contribution in [-0.4, -0.2) is 9.78 Å². The summed E-state index contributed by atoms with van der Waals surface area (Å²) in [4.78, 5) is 0. The molecule has 1 aromatic rings. The number of aryl methyl sites for hydroxylation is 2. The van der Waals surface area contributed by atoms with E-state index in [9.17, 15) is 0 Å². The lowest BCUT2D eigenvalue weighted by Crippen LogP contribution is -2.03. The van der Waals surface area contributed by atoms with Gasteiger partial charge in [0.05, 0.1) is 6.20 Å². The Morgan fingerprint density at radius 2 is 2.08 bits per heavy atom. The number of nitrogens with zero attached hydrogens (tertiary/aromatic N) is 2. The van der Waals surface area contributed by atoms with Crippen LogP contribution in [0.25, 0.3) is 0 Å². The predicted octanol–water partition coefficient (Wildman–Crippen LogP) is 2.94. The van der Waals surface area contributed by atoms with Crippen molar-refractivity contribution in [1.82, 2.24) is 9.78 Å². The second-order valence-electron chi connectivity index (χ2n) is 4.17. The normalized spacial score (nSPS) is 11.2. The molecule has 0 fully saturated rings. The molecule has 0 aromatic carbocycles. The monoisotopic (exact) mass is 180 g/mol. The van der Waals surface area contributed by atoms with Gasteiger partial charge in [-0.1, -0.05) is 13.8 Å². The first kappa shape index (κ1) is 10.3. The molecule has 0 aliphatic rings. The van der Waals surface area contributed by atoms with E-state index in [-0.39, 0.29) is 0 Å². The summed E-state index contributed by atoms with van der Waals surface area (Å²) in [5.74, 6) is 0.803. The minimum Gasteiger partial charge on any atom is -0.270 e. The topological polar surface area (TPSA) is 17.8 Å². The van der Waals surface area contributed by atoms with Crippen LogP contribution in [0.5, 0.6) is 0 Å². The maximum absolute atomic E-state index is 4.33. The van der Waals surface area contributed by atoms with Crippen molar-refractivity contribution in [3.8, 4) is 0 Å². The molecule has 0 N–H and O–H groups in total. The zero-order valence-corrected chi connectivity index (χ0v) is 9.17. The molecule has 0 atom stereocenters. The molecule has 1 rings (SSSR count). The highest BCUT2D eigenvalue weighted by Gasteiger charge is 2.01. The molecule has 1 heterocycles. The summed E-state index contributed by atoms with van der Waals surface area (Å²) in [6, 6.07) is 0. The van der Waals surface area contributed by atoms with E-state index in [2.05, 4.69) is 37.5 Å². The van der Waals surface area contributed by atoms with E-state index in [1.54, 1.807) is 0 Å². The standard InChI is InChI=1S/C11H20N2/c1-9(2)6-5-7-13-11(4)10(3)8-12-13/h8-9H,5-7H2,1-4H3. The average molecular weight is 180 g/mol. The van der Waals surface area contributed by atoms with Gasteiger partial charge in [0.2, 0.25) is 0 Å². The van der Waals surface area contributed by atoms with Gasteiger partial charge in [0.25, 0.3) is 0 Å². The number of aromatic nitrogens is 2. The molecule has 0 unspecified atom stereocenters. The van der Waals surface area contributed by atoms with Crippen molar-refractivity contribution in [3.05, 3.63) is 17.5 Å². The van der Waals surface area contributed by atoms with E-state index in [0.717, 1.165) is 12.5 Å². The van der Waals surface area contributed by atoms with Crippen molar-refractivity contribution in [2.75, 3.05) is 0 Å². The average Bonchev–Trinajstić information content (AvgIpc) is 2.35. The molecular weight excluding hydrogens is 160 g/mol. The fourth-order valence-corrected chi connectivity index (χ4v) is 1.41. The van der Waals surface area contributed by atoms with Gasteiger partial charge in [0.1, 0.15) is 0 Å². The van der Waals surface area contributed by atoms with Crippen LogP contribution in [0.4, 0.5) is 0 Å². The molecule has 0 amide bonds. The minimum absolute atomic E-state index is 0.803. The van der Waals surface area contributed by atoms with Gasteiger partial charge in [0, 0.05) is 12.2 Å². The highest BCUT2D eigenvalue weighted by Crippen LogP contribution is 2.09. The molecule has 74 valence electrons. The van der Waals surface area contributed by atoms with Crippen LogP contribution < -0.4 is 0 Å². The van der Waals surface area contributed by atoms with Crippen molar-refractivity contribution < 1.29 is 0 Å². The third-order valence-electron chi connectivity index (χ3n) is 2.50. The minimum atomic E-state index is 0.803. The van der Waals surface area contributed by atoms with E-state index < -0.39 is 0 Å². The lowest BCUT2D eigenvalue weighted by Gasteiger charge is -2.06. The van der Waals surface area contributed by atoms with E-state index in [4.69, 9.17) is 0 Å². The summed E-state index contributed by atoms with van der Waals surface area (Å²) >= 11 is 0. The second-order valence-corrected chi connectivity index (χ2v) is 4.17. The van der Waals surface area contributed by atoms with Gasteiger partial charge in [0.15, 0.2) is 0 Å². The maximum Gasteiger partial charge on any atom is 0.0521 e. The van der Waals surface area contributed by atoms with Gasteiger partial charge in [-0.05, 0) is 38.2 Å². The summed E-state index contributed by atoms with van der Waals surface area (Å²) < 4.78 is 2.11. The highest BCUT2D eigenvalue weighted by atomic mass is 15.3. The molecule has 0 aliphatic heterocycles. The third kappa shape index (κ3) is 2.87. The summed E-state index contributed by atoms with van der Waals surface area (Å²) in [7, 11) is 0. The summed E-state index contributed by atoms with van der Waals surface area (Å²) in [6.45, 7) is 9.85. The van der Waals surface area contributed by atoms with Crippen LogP contribution in [0.3, 0.4) is 0 Å². The maximum atomic E-state index is 4.33. The van der Waals surface area contributed by atoms with Crippen LogP contribution in [0.1, 0.15) is 37.9 Å². The second kappa shape index (κ2) is 4.45. The van der Waals surface area contributed by atoms with Gasteiger partial charge in [-0.15, -0.1) is 0 Å². The SMILES string of the molecule is Cc1cnn(CCCC(C)C)c1C. The molecule has 1 aromatic heterocycles. The van der Waals surface area contributed by atoms with Crippen LogP contribution >= 0.6 is 0 Å². The molecule has 0 spiro atoms. The van der Waals surface area contributed by atoms with Gasteiger partial charge < -0.3 is 0 Å². The molecule has 0 saturated carbocycles. The Kier molecular flexibility index (Phi) is 3.52. The first-order valence-corrected chi connectivity index (χ1v) is 5.10. The van der Waals surface area contributed by atoms with Crippen LogP contribution in [0, 0.1) is 19.8 Å². The summed E-state index contributed by atoms with van der Waals surface area (Å²) in [5.41, 5.74) is 2.60. The van der Waals surface area contributed by atoms with Crippen LogP contribution in [-0.2, 0) is 6.54 Å². The molecule has 0 aliphatic carbocycles. The molecule has 0 saturated heterocycles. The molecular formula is C11H20N2. The largest absolute Gasteiger partial charge is 0.270 e. The van der Waals surface area contributed by atoms with Crippen molar-refractivity contribution >= 4 is 0 Å².